The Labute approximate surface area is 174 Å². The highest BCUT2D eigenvalue weighted by molar-refractivity contribution is 5.95. The van der Waals surface area contributed by atoms with Crippen LogP contribution in [0.3, 0.4) is 0 Å². The zero-order valence-electron chi connectivity index (χ0n) is 16.8. The van der Waals surface area contributed by atoms with Gasteiger partial charge in [0, 0.05) is 11.6 Å². The van der Waals surface area contributed by atoms with Crippen LogP contribution in [0.15, 0.2) is 54.9 Å². The van der Waals surface area contributed by atoms with Crippen molar-refractivity contribution in [1.29, 1.82) is 5.26 Å². The molecule has 1 aliphatic rings. The summed E-state index contributed by atoms with van der Waals surface area (Å²) in [7, 11) is 0. The SMILES string of the molecule is Cc1ncc(OC[C@@]2(c3ccccc3)C[C@H]2C(=O)Nc2ccc(C#N)cn2)c(C)n1. The third-order valence-corrected chi connectivity index (χ3v) is 5.42. The summed E-state index contributed by atoms with van der Waals surface area (Å²) in [6, 6.07) is 15.2. The van der Waals surface area contributed by atoms with E-state index in [1.165, 1.54) is 6.20 Å². The smallest absolute Gasteiger partial charge is 0.229 e. The molecule has 1 saturated carbocycles. The summed E-state index contributed by atoms with van der Waals surface area (Å²) in [6.07, 6.45) is 3.79. The van der Waals surface area contributed by atoms with Crippen LogP contribution in [0, 0.1) is 31.1 Å². The molecule has 4 rings (SSSR count). The summed E-state index contributed by atoms with van der Waals surface area (Å²) in [6.45, 7) is 4.07. The second-order valence-corrected chi connectivity index (χ2v) is 7.47. The molecule has 1 aliphatic carbocycles. The Balaban J connectivity index is 1.53. The van der Waals surface area contributed by atoms with Gasteiger partial charge in [-0.15, -0.1) is 0 Å². The lowest BCUT2D eigenvalue weighted by Crippen LogP contribution is -2.27. The minimum Gasteiger partial charge on any atom is -0.489 e. The number of amides is 1. The molecular formula is C23H21N5O2. The topological polar surface area (TPSA) is 101 Å². The average molecular weight is 399 g/mol. The highest BCUT2D eigenvalue weighted by atomic mass is 16.5. The van der Waals surface area contributed by atoms with Crippen LogP contribution in [0.1, 0.15) is 29.1 Å². The first-order valence-electron chi connectivity index (χ1n) is 9.67. The fraction of sp³-hybridized carbons (Fsp3) is 0.261. The Hall–Kier alpha value is -3.79. The van der Waals surface area contributed by atoms with Gasteiger partial charge < -0.3 is 10.1 Å². The van der Waals surface area contributed by atoms with E-state index in [2.05, 4.69) is 20.3 Å². The van der Waals surface area contributed by atoms with Crippen LogP contribution in [0.2, 0.25) is 0 Å². The van der Waals surface area contributed by atoms with Crippen LogP contribution in [0.4, 0.5) is 5.82 Å². The van der Waals surface area contributed by atoms with Gasteiger partial charge in [-0.2, -0.15) is 5.26 Å². The quantitative estimate of drug-likeness (QED) is 0.682. The number of hydrogen-bond donors (Lipinski definition) is 1. The van der Waals surface area contributed by atoms with Crippen LogP contribution >= 0.6 is 0 Å². The number of benzene rings is 1. The fourth-order valence-corrected chi connectivity index (χ4v) is 3.65. The number of aryl methyl sites for hydroxylation is 2. The van der Waals surface area contributed by atoms with Gasteiger partial charge in [0.05, 0.1) is 30.0 Å². The van der Waals surface area contributed by atoms with Crippen molar-refractivity contribution < 1.29 is 9.53 Å². The third-order valence-electron chi connectivity index (χ3n) is 5.42. The van der Waals surface area contributed by atoms with Crippen molar-refractivity contribution in [3.8, 4) is 11.8 Å². The maximum atomic E-state index is 12.9. The molecule has 0 unspecified atom stereocenters. The van der Waals surface area contributed by atoms with E-state index < -0.39 is 5.41 Å². The van der Waals surface area contributed by atoms with Gasteiger partial charge in [0.2, 0.25) is 5.91 Å². The lowest BCUT2D eigenvalue weighted by atomic mass is 9.93. The number of ether oxygens (including phenoxy) is 1. The number of carbonyl (C=O) groups excluding carboxylic acids is 1. The highest BCUT2D eigenvalue weighted by Crippen LogP contribution is 2.55. The van der Waals surface area contributed by atoms with E-state index in [0.717, 1.165) is 11.3 Å². The number of rotatable bonds is 6. The number of nitrogens with one attached hydrogen (secondary N) is 1. The Bertz CT molecular complexity index is 1110. The summed E-state index contributed by atoms with van der Waals surface area (Å²) in [5, 5.41) is 11.7. The van der Waals surface area contributed by atoms with Crippen LogP contribution < -0.4 is 10.1 Å². The normalized spacial score (nSPS) is 19.6. The van der Waals surface area contributed by atoms with Crippen molar-refractivity contribution in [3.63, 3.8) is 0 Å². The van der Waals surface area contributed by atoms with Gasteiger partial charge in [0.15, 0.2) is 5.75 Å². The summed E-state index contributed by atoms with van der Waals surface area (Å²) in [4.78, 5) is 25.6. The van der Waals surface area contributed by atoms with Crippen LogP contribution in [-0.4, -0.2) is 27.5 Å². The molecule has 30 heavy (non-hydrogen) atoms. The largest absolute Gasteiger partial charge is 0.489 e. The molecule has 150 valence electrons. The number of nitriles is 1. The van der Waals surface area contributed by atoms with Gasteiger partial charge in [-0.25, -0.2) is 15.0 Å². The number of carbonyl (C=O) groups is 1. The molecule has 7 nitrogen and oxygen atoms in total. The molecule has 2 atom stereocenters. The second-order valence-electron chi connectivity index (χ2n) is 7.47. The summed E-state index contributed by atoms with van der Waals surface area (Å²) in [5.41, 5.74) is 1.86. The number of nitrogens with zero attached hydrogens (tertiary/aromatic N) is 4. The highest BCUT2D eigenvalue weighted by Gasteiger charge is 2.60. The lowest BCUT2D eigenvalue weighted by Gasteiger charge is -2.19. The van der Waals surface area contributed by atoms with Crippen molar-refractivity contribution >= 4 is 11.7 Å². The van der Waals surface area contributed by atoms with Crippen molar-refractivity contribution in [2.75, 3.05) is 11.9 Å². The summed E-state index contributed by atoms with van der Waals surface area (Å²) in [5.74, 6) is 1.38. The predicted molar refractivity (Wildman–Crippen MR) is 111 cm³/mol. The maximum Gasteiger partial charge on any atom is 0.229 e. The fourth-order valence-electron chi connectivity index (χ4n) is 3.65. The Morgan fingerprint density at radius 2 is 2.00 bits per heavy atom. The van der Waals surface area contributed by atoms with Crippen LogP contribution in [0.25, 0.3) is 0 Å². The molecule has 1 aromatic carbocycles. The van der Waals surface area contributed by atoms with Gasteiger partial charge in [-0.05, 0) is 38.0 Å². The molecular weight excluding hydrogens is 378 g/mol. The molecule has 1 amide bonds. The molecule has 1 N–H and O–H groups in total. The van der Waals surface area contributed by atoms with E-state index in [4.69, 9.17) is 10.00 Å². The standard InChI is InChI=1S/C23H21N5O2/c1-15-20(13-25-16(2)27-15)30-14-23(18-6-4-3-5-7-18)10-19(23)22(29)28-21-9-8-17(11-24)12-26-21/h3-9,12-13,19H,10,14H2,1-2H3,(H,26,28,29)/t19-,23+/m0/s1. The van der Waals surface area contributed by atoms with Crippen molar-refractivity contribution in [2.24, 2.45) is 5.92 Å². The second kappa shape index (κ2) is 7.91. The minimum atomic E-state index is -0.421. The van der Waals surface area contributed by atoms with E-state index in [0.29, 0.717) is 36.0 Å². The molecule has 2 heterocycles. The lowest BCUT2D eigenvalue weighted by molar-refractivity contribution is -0.117. The van der Waals surface area contributed by atoms with Crippen molar-refractivity contribution in [2.45, 2.75) is 25.7 Å². The van der Waals surface area contributed by atoms with Gasteiger partial charge in [-0.3, -0.25) is 4.79 Å². The molecule has 1 fully saturated rings. The zero-order valence-corrected chi connectivity index (χ0v) is 16.8. The molecule has 0 aliphatic heterocycles. The van der Waals surface area contributed by atoms with E-state index in [1.54, 1.807) is 18.3 Å². The molecule has 0 radical (unpaired) electrons. The average Bonchev–Trinajstić information content (AvgIpc) is 3.50. The summed E-state index contributed by atoms with van der Waals surface area (Å²) < 4.78 is 6.08. The van der Waals surface area contributed by atoms with Gasteiger partial charge in [0.25, 0.3) is 0 Å². The Kier molecular flexibility index (Phi) is 5.15. The Morgan fingerprint density at radius 3 is 2.67 bits per heavy atom. The molecule has 0 bridgehead atoms. The molecule has 3 aromatic rings. The number of anilines is 1. The van der Waals surface area contributed by atoms with Crippen molar-refractivity contribution in [1.82, 2.24) is 15.0 Å². The van der Waals surface area contributed by atoms with Crippen LogP contribution in [-0.2, 0) is 10.2 Å². The van der Waals surface area contributed by atoms with E-state index in [-0.39, 0.29) is 11.8 Å². The number of aromatic nitrogens is 3. The minimum absolute atomic E-state index is 0.114. The first-order valence-corrected chi connectivity index (χ1v) is 9.67. The molecule has 0 spiro atoms. The first-order chi connectivity index (χ1) is 14.5. The van der Waals surface area contributed by atoms with E-state index >= 15 is 0 Å². The Morgan fingerprint density at radius 1 is 1.20 bits per heavy atom. The molecule has 7 heteroatoms. The van der Waals surface area contributed by atoms with Gasteiger partial charge >= 0.3 is 0 Å². The van der Waals surface area contributed by atoms with E-state index in [9.17, 15) is 4.79 Å². The number of pyridine rings is 1. The molecule has 0 saturated heterocycles. The van der Waals surface area contributed by atoms with Crippen LogP contribution in [0.5, 0.6) is 5.75 Å². The first kappa shape index (κ1) is 19.5. The monoisotopic (exact) mass is 399 g/mol. The maximum absolute atomic E-state index is 12.9. The molecule has 2 aromatic heterocycles. The zero-order chi connectivity index (χ0) is 21.1. The predicted octanol–water partition coefficient (Wildman–Crippen LogP) is 3.34. The third kappa shape index (κ3) is 3.85. The van der Waals surface area contributed by atoms with Gasteiger partial charge in [0.1, 0.15) is 17.7 Å². The van der Waals surface area contributed by atoms with Gasteiger partial charge in [-0.1, -0.05) is 30.3 Å². The van der Waals surface area contributed by atoms with Crippen molar-refractivity contribution in [3.05, 3.63) is 77.5 Å². The number of hydrogen-bond acceptors (Lipinski definition) is 6. The van der Waals surface area contributed by atoms with E-state index in [1.807, 2.05) is 50.2 Å². The summed E-state index contributed by atoms with van der Waals surface area (Å²) >= 11 is 0.